The molecule has 1 aromatic carbocycles. The third-order valence-electron chi connectivity index (χ3n) is 2.74. The van der Waals surface area contributed by atoms with Gasteiger partial charge in [0.25, 0.3) is 0 Å². The first-order valence-corrected chi connectivity index (χ1v) is 7.94. The second-order valence-corrected chi connectivity index (χ2v) is 5.55. The maximum Gasteiger partial charge on any atom is 0.246 e. The molecule has 0 spiro atoms. The van der Waals surface area contributed by atoms with Crippen LogP contribution in [0.4, 0.5) is 5.69 Å². The van der Waals surface area contributed by atoms with E-state index >= 15 is 0 Å². The maximum absolute atomic E-state index is 12.0. The van der Waals surface area contributed by atoms with Crippen LogP contribution in [0.1, 0.15) is 25.8 Å². The molecule has 0 bridgehead atoms. The lowest BCUT2D eigenvalue weighted by Gasteiger charge is -2.11. The van der Waals surface area contributed by atoms with Gasteiger partial charge in [-0.05, 0) is 38.0 Å². The van der Waals surface area contributed by atoms with E-state index < -0.39 is 0 Å². The van der Waals surface area contributed by atoms with Crippen molar-refractivity contribution in [1.29, 1.82) is 0 Å². The Hall–Kier alpha value is -1.56. The van der Waals surface area contributed by atoms with Gasteiger partial charge in [0.2, 0.25) is 5.91 Å². The summed E-state index contributed by atoms with van der Waals surface area (Å²) < 4.78 is 0.935. The van der Waals surface area contributed by atoms with E-state index in [-0.39, 0.29) is 12.5 Å². The number of hydrogen-bond acceptors (Lipinski definition) is 2. The molecule has 0 aromatic heterocycles. The number of anilines is 1. The summed E-state index contributed by atoms with van der Waals surface area (Å²) in [6.07, 6.45) is 1.01. The van der Waals surface area contributed by atoms with Gasteiger partial charge in [0.15, 0.2) is 5.96 Å². The van der Waals surface area contributed by atoms with E-state index in [0.29, 0.717) is 5.96 Å². The number of carbonyl (C=O) groups excluding carboxylic acids is 1. The van der Waals surface area contributed by atoms with Crippen LogP contribution in [0.15, 0.2) is 27.7 Å². The number of nitrogens with zero attached hydrogens (tertiary/aromatic N) is 1. The molecule has 3 N–H and O–H groups in total. The molecular formula is C15H23BrN4O. The van der Waals surface area contributed by atoms with Gasteiger partial charge in [-0.1, -0.05) is 28.9 Å². The van der Waals surface area contributed by atoms with Crippen molar-refractivity contribution in [3.63, 3.8) is 0 Å². The van der Waals surface area contributed by atoms with Gasteiger partial charge in [0.05, 0.1) is 0 Å². The summed E-state index contributed by atoms with van der Waals surface area (Å²) in [6, 6.07) is 5.79. The largest absolute Gasteiger partial charge is 0.357 e. The van der Waals surface area contributed by atoms with Crippen LogP contribution in [0.5, 0.6) is 0 Å². The van der Waals surface area contributed by atoms with Crippen LogP contribution in [-0.4, -0.2) is 31.5 Å². The fourth-order valence-electron chi connectivity index (χ4n) is 1.65. The lowest BCUT2D eigenvalue weighted by molar-refractivity contribution is -0.114. The number of halogens is 1. The van der Waals surface area contributed by atoms with Crippen LogP contribution in [0, 0.1) is 6.92 Å². The average molecular weight is 355 g/mol. The lowest BCUT2D eigenvalue weighted by atomic mass is 10.2. The van der Waals surface area contributed by atoms with Crippen LogP contribution in [-0.2, 0) is 4.79 Å². The Morgan fingerprint density at radius 1 is 1.29 bits per heavy atom. The number of benzene rings is 1. The molecule has 6 heteroatoms. The maximum atomic E-state index is 12.0. The third-order valence-corrected chi connectivity index (χ3v) is 3.23. The van der Waals surface area contributed by atoms with Crippen LogP contribution in [0.25, 0.3) is 0 Å². The molecule has 0 aliphatic carbocycles. The topological polar surface area (TPSA) is 65.5 Å². The molecule has 0 fully saturated rings. The number of aliphatic imine (C=N–C) groups is 1. The van der Waals surface area contributed by atoms with Crippen molar-refractivity contribution >= 4 is 33.5 Å². The van der Waals surface area contributed by atoms with Crippen molar-refractivity contribution in [2.24, 2.45) is 4.99 Å². The van der Waals surface area contributed by atoms with Crippen molar-refractivity contribution in [3.05, 3.63) is 28.2 Å². The zero-order valence-corrected chi connectivity index (χ0v) is 14.4. The van der Waals surface area contributed by atoms with Gasteiger partial charge in [0, 0.05) is 23.2 Å². The smallest absolute Gasteiger partial charge is 0.246 e. The number of nitrogens with one attached hydrogen (secondary N) is 3. The van der Waals surface area contributed by atoms with E-state index in [1.807, 2.05) is 32.0 Å². The molecule has 1 amide bonds. The lowest BCUT2D eigenvalue weighted by Crippen LogP contribution is -2.38. The van der Waals surface area contributed by atoms with Crippen LogP contribution < -0.4 is 16.0 Å². The van der Waals surface area contributed by atoms with E-state index in [2.05, 4.69) is 43.8 Å². The van der Waals surface area contributed by atoms with Crippen molar-refractivity contribution in [1.82, 2.24) is 10.6 Å². The van der Waals surface area contributed by atoms with Gasteiger partial charge in [-0.3, -0.25) is 4.79 Å². The number of amides is 1. The predicted molar refractivity (Wildman–Crippen MR) is 91.8 cm³/mol. The second kappa shape index (κ2) is 9.39. The highest BCUT2D eigenvalue weighted by Crippen LogP contribution is 2.20. The zero-order chi connectivity index (χ0) is 15.7. The van der Waals surface area contributed by atoms with Gasteiger partial charge >= 0.3 is 0 Å². The third kappa shape index (κ3) is 6.62. The molecular weight excluding hydrogens is 332 g/mol. The van der Waals surface area contributed by atoms with Gasteiger partial charge in [0.1, 0.15) is 6.54 Å². The van der Waals surface area contributed by atoms with Gasteiger partial charge in [-0.15, -0.1) is 0 Å². The van der Waals surface area contributed by atoms with E-state index in [1.165, 1.54) is 0 Å². The Labute approximate surface area is 134 Å². The van der Waals surface area contributed by atoms with Gasteiger partial charge < -0.3 is 16.0 Å². The molecule has 0 radical (unpaired) electrons. The number of rotatable bonds is 6. The molecule has 0 unspecified atom stereocenters. The molecule has 0 atom stereocenters. The number of guanidine groups is 1. The van der Waals surface area contributed by atoms with Crippen LogP contribution >= 0.6 is 15.9 Å². The molecule has 0 saturated carbocycles. The summed E-state index contributed by atoms with van der Waals surface area (Å²) >= 11 is 3.40. The second-order valence-electron chi connectivity index (χ2n) is 4.63. The van der Waals surface area contributed by atoms with Gasteiger partial charge in [-0.2, -0.15) is 0 Å². The Balaban J connectivity index is 2.60. The van der Waals surface area contributed by atoms with E-state index in [9.17, 15) is 4.79 Å². The summed E-state index contributed by atoms with van der Waals surface area (Å²) in [4.78, 5) is 16.2. The molecule has 21 heavy (non-hydrogen) atoms. The monoisotopic (exact) mass is 354 g/mol. The highest BCUT2D eigenvalue weighted by Gasteiger charge is 2.05. The van der Waals surface area contributed by atoms with Crippen LogP contribution in [0.3, 0.4) is 0 Å². The summed E-state index contributed by atoms with van der Waals surface area (Å²) in [5.41, 5.74) is 1.82. The van der Waals surface area contributed by atoms with Gasteiger partial charge in [-0.25, -0.2) is 4.99 Å². The van der Waals surface area contributed by atoms with E-state index in [0.717, 1.165) is 35.2 Å². The SMILES string of the molecule is CCCNC(=NCC(=O)Nc1cc(Br)ccc1C)NCC. The normalized spacial score (nSPS) is 11.1. The van der Waals surface area contributed by atoms with E-state index in [1.54, 1.807) is 0 Å². The minimum Gasteiger partial charge on any atom is -0.357 e. The molecule has 0 aliphatic heterocycles. The fraction of sp³-hybridized carbons (Fsp3) is 0.467. The first-order chi connectivity index (χ1) is 10.1. The van der Waals surface area contributed by atoms with Crippen molar-refractivity contribution < 1.29 is 4.79 Å². The van der Waals surface area contributed by atoms with Crippen molar-refractivity contribution in [2.75, 3.05) is 25.0 Å². The number of carbonyl (C=O) groups is 1. The van der Waals surface area contributed by atoms with Crippen molar-refractivity contribution in [2.45, 2.75) is 27.2 Å². The van der Waals surface area contributed by atoms with Crippen molar-refractivity contribution in [3.8, 4) is 0 Å². The minimum absolute atomic E-state index is 0.0883. The molecule has 0 heterocycles. The minimum atomic E-state index is -0.134. The molecule has 0 saturated heterocycles. The quantitative estimate of drug-likeness (QED) is 0.543. The zero-order valence-electron chi connectivity index (χ0n) is 12.8. The summed E-state index contributed by atoms with van der Waals surface area (Å²) in [5.74, 6) is 0.533. The highest BCUT2D eigenvalue weighted by molar-refractivity contribution is 9.10. The summed E-state index contributed by atoms with van der Waals surface area (Å²) in [7, 11) is 0. The molecule has 5 nitrogen and oxygen atoms in total. The predicted octanol–water partition coefficient (Wildman–Crippen LogP) is 2.66. The molecule has 116 valence electrons. The average Bonchev–Trinajstić information content (AvgIpc) is 2.46. The number of aryl methyl sites for hydroxylation is 1. The molecule has 1 rings (SSSR count). The number of hydrogen-bond donors (Lipinski definition) is 3. The van der Waals surface area contributed by atoms with Crippen LogP contribution in [0.2, 0.25) is 0 Å². The molecule has 1 aromatic rings. The Bertz CT molecular complexity index is 502. The Morgan fingerprint density at radius 2 is 2.05 bits per heavy atom. The first-order valence-electron chi connectivity index (χ1n) is 7.15. The van der Waals surface area contributed by atoms with E-state index in [4.69, 9.17) is 0 Å². The summed E-state index contributed by atoms with van der Waals surface area (Å²) in [5, 5.41) is 9.14. The Kier molecular flexibility index (Phi) is 7.82. The first kappa shape index (κ1) is 17.5. The fourth-order valence-corrected chi connectivity index (χ4v) is 2.02. The Morgan fingerprint density at radius 3 is 2.71 bits per heavy atom. The highest BCUT2D eigenvalue weighted by atomic mass is 79.9. The molecule has 0 aliphatic rings. The standard InChI is InChI=1S/C15H23BrN4O/c1-4-8-18-15(17-5-2)19-10-14(21)20-13-9-12(16)7-6-11(13)3/h6-7,9H,4-5,8,10H2,1-3H3,(H,20,21)(H2,17,18,19). The summed E-state index contributed by atoms with van der Waals surface area (Å²) in [6.45, 7) is 7.72.